The summed E-state index contributed by atoms with van der Waals surface area (Å²) in [6, 6.07) is 8.48. The molecular formula is C11H9ClN4O. The van der Waals surface area contributed by atoms with Gasteiger partial charge in [0, 0.05) is 10.6 Å². The number of carbonyl (C=O) groups is 1. The molecule has 17 heavy (non-hydrogen) atoms. The van der Waals surface area contributed by atoms with Crippen LogP contribution in [0.25, 0.3) is 11.3 Å². The number of hydrogen-bond acceptors (Lipinski definition) is 4. The summed E-state index contributed by atoms with van der Waals surface area (Å²) in [6.07, 6.45) is 0. The van der Waals surface area contributed by atoms with Crippen molar-refractivity contribution in [2.24, 2.45) is 5.73 Å². The van der Waals surface area contributed by atoms with E-state index in [9.17, 15) is 4.79 Å². The first kappa shape index (κ1) is 11.3. The molecule has 86 valence electrons. The molecule has 0 aliphatic carbocycles. The average Bonchev–Trinajstić information content (AvgIpc) is 2.29. The van der Waals surface area contributed by atoms with E-state index in [1.807, 2.05) is 0 Å². The standard InChI is InChI=1S/C11H9ClN4O/c12-7-3-1-6(2-4-7)8-5-9(10(13)17)16-11(14)15-8/h1-5H,(H2,13,17)(H2,14,15,16). The lowest BCUT2D eigenvalue weighted by molar-refractivity contribution is 0.0995. The summed E-state index contributed by atoms with van der Waals surface area (Å²) >= 11 is 5.78. The predicted octanol–water partition coefficient (Wildman–Crippen LogP) is 1.48. The maximum atomic E-state index is 11.0. The Bertz CT molecular complexity index is 568. The maximum absolute atomic E-state index is 11.0. The van der Waals surface area contributed by atoms with Crippen molar-refractivity contribution in [3.05, 3.63) is 41.0 Å². The fourth-order valence-corrected chi connectivity index (χ4v) is 1.49. The molecule has 5 nitrogen and oxygen atoms in total. The monoisotopic (exact) mass is 248 g/mol. The number of halogens is 1. The quantitative estimate of drug-likeness (QED) is 0.841. The first-order valence-electron chi connectivity index (χ1n) is 4.76. The minimum atomic E-state index is -0.644. The van der Waals surface area contributed by atoms with Crippen molar-refractivity contribution < 1.29 is 4.79 Å². The van der Waals surface area contributed by atoms with Crippen molar-refractivity contribution in [1.29, 1.82) is 0 Å². The van der Waals surface area contributed by atoms with E-state index in [2.05, 4.69) is 9.97 Å². The first-order valence-corrected chi connectivity index (χ1v) is 5.14. The highest BCUT2D eigenvalue weighted by Crippen LogP contribution is 2.20. The molecule has 0 saturated heterocycles. The van der Waals surface area contributed by atoms with Gasteiger partial charge < -0.3 is 11.5 Å². The molecule has 0 bridgehead atoms. The SMILES string of the molecule is NC(=O)c1cc(-c2ccc(Cl)cc2)nc(N)n1. The molecule has 2 rings (SSSR count). The van der Waals surface area contributed by atoms with Gasteiger partial charge >= 0.3 is 0 Å². The topological polar surface area (TPSA) is 94.9 Å². The fourth-order valence-electron chi connectivity index (χ4n) is 1.36. The third-order valence-corrected chi connectivity index (χ3v) is 2.39. The Balaban J connectivity index is 2.51. The Morgan fingerprint density at radius 2 is 1.82 bits per heavy atom. The van der Waals surface area contributed by atoms with Crippen molar-refractivity contribution in [3.8, 4) is 11.3 Å². The predicted molar refractivity (Wildman–Crippen MR) is 65.4 cm³/mol. The molecule has 0 unspecified atom stereocenters. The number of benzene rings is 1. The number of nitrogens with two attached hydrogens (primary N) is 2. The highest BCUT2D eigenvalue weighted by molar-refractivity contribution is 6.30. The zero-order valence-electron chi connectivity index (χ0n) is 8.72. The van der Waals surface area contributed by atoms with Crippen molar-refractivity contribution in [2.45, 2.75) is 0 Å². The van der Waals surface area contributed by atoms with Gasteiger partial charge in [0.25, 0.3) is 5.91 Å². The van der Waals surface area contributed by atoms with E-state index in [0.717, 1.165) is 5.56 Å². The molecule has 2 aromatic rings. The summed E-state index contributed by atoms with van der Waals surface area (Å²) in [7, 11) is 0. The van der Waals surface area contributed by atoms with Crippen LogP contribution in [0.3, 0.4) is 0 Å². The van der Waals surface area contributed by atoms with Gasteiger partial charge in [0.1, 0.15) is 5.69 Å². The summed E-state index contributed by atoms with van der Waals surface area (Å²) in [5.41, 5.74) is 12.1. The van der Waals surface area contributed by atoms with Gasteiger partial charge in [0.15, 0.2) is 0 Å². The van der Waals surface area contributed by atoms with E-state index in [0.29, 0.717) is 10.7 Å². The van der Waals surface area contributed by atoms with Gasteiger partial charge in [-0.15, -0.1) is 0 Å². The van der Waals surface area contributed by atoms with Crippen molar-refractivity contribution in [1.82, 2.24) is 9.97 Å². The molecule has 6 heteroatoms. The summed E-state index contributed by atoms with van der Waals surface area (Å²) in [4.78, 5) is 18.8. The number of aromatic nitrogens is 2. The van der Waals surface area contributed by atoms with Gasteiger partial charge in [-0.1, -0.05) is 23.7 Å². The van der Waals surface area contributed by atoms with E-state index < -0.39 is 5.91 Å². The lowest BCUT2D eigenvalue weighted by Gasteiger charge is -2.03. The van der Waals surface area contributed by atoms with Crippen LogP contribution in [0.1, 0.15) is 10.5 Å². The molecule has 0 fully saturated rings. The van der Waals surface area contributed by atoms with Crippen LogP contribution < -0.4 is 11.5 Å². The van der Waals surface area contributed by atoms with E-state index in [1.54, 1.807) is 24.3 Å². The van der Waals surface area contributed by atoms with Crippen molar-refractivity contribution >= 4 is 23.5 Å². The molecule has 0 saturated carbocycles. The summed E-state index contributed by atoms with van der Waals surface area (Å²) < 4.78 is 0. The summed E-state index contributed by atoms with van der Waals surface area (Å²) in [5.74, 6) is -0.638. The number of nitrogen functional groups attached to an aromatic ring is 1. The highest BCUT2D eigenvalue weighted by Gasteiger charge is 2.08. The lowest BCUT2D eigenvalue weighted by atomic mass is 10.1. The van der Waals surface area contributed by atoms with Crippen LogP contribution in [0.5, 0.6) is 0 Å². The smallest absolute Gasteiger partial charge is 0.267 e. The van der Waals surface area contributed by atoms with Gasteiger partial charge in [-0.3, -0.25) is 4.79 Å². The van der Waals surface area contributed by atoms with Crippen LogP contribution in [-0.2, 0) is 0 Å². The first-order chi connectivity index (χ1) is 8.06. The molecule has 0 radical (unpaired) electrons. The van der Waals surface area contributed by atoms with E-state index >= 15 is 0 Å². The third kappa shape index (κ3) is 2.51. The molecule has 0 aliphatic heterocycles. The Labute approximate surface area is 102 Å². The number of amides is 1. The largest absolute Gasteiger partial charge is 0.368 e. The van der Waals surface area contributed by atoms with Crippen LogP contribution in [-0.4, -0.2) is 15.9 Å². The van der Waals surface area contributed by atoms with Gasteiger partial charge in [-0.25, -0.2) is 9.97 Å². The van der Waals surface area contributed by atoms with Gasteiger partial charge in [0.05, 0.1) is 5.69 Å². The lowest BCUT2D eigenvalue weighted by Crippen LogP contribution is -2.15. The van der Waals surface area contributed by atoms with Crippen molar-refractivity contribution in [2.75, 3.05) is 5.73 Å². The van der Waals surface area contributed by atoms with Crippen LogP contribution in [0.15, 0.2) is 30.3 Å². The highest BCUT2D eigenvalue weighted by atomic mass is 35.5. The minimum absolute atomic E-state index is 0.00579. The Morgan fingerprint density at radius 1 is 1.18 bits per heavy atom. The molecule has 1 amide bonds. The summed E-state index contributed by atoms with van der Waals surface area (Å²) in [6.45, 7) is 0. The van der Waals surface area contributed by atoms with Crippen LogP contribution in [0.2, 0.25) is 5.02 Å². The van der Waals surface area contributed by atoms with Gasteiger partial charge in [-0.2, -0.15) is 0 Å². The number of carbonyl (C=O) groups excluding carboxylic acids is 1. The number of nitrogens with zero attached hydrogens (tertiary/aromatic N) is 2. The van der Waals surface area contributed by atoms with Crippen LogP contribution in [0, 0.1) is 0 Å². The average molecular weight is 249 g/mol. The normalized spacial score (nSPS) is 10.2. The second-order valence-corrected chi connectivity index (χ2v) is 3.80. The Morgan fingerprint density at radius 3 is 2.41 bits per heavy atom. The number of anilines is 1. The van der Waals surface area contributed by atoms with Gasteiger partial charge in [-0.05, 0) is 18.2 Å². The summed E-state index contributed by atoms with van der Waals surface area (Å²) in [5, 5.41) is 0.617. The molecule has 1 heterocycles. The molecule has 1 aromatic heterocycles. The van der Waals surface area contributed by atoms with E-state index in [1.165, 1.54) is 6.07 Å². The second kappa shape index (κ2) is 4.39. The molecule has 1 aromatic carbocycles. The van der Waals surface area contributed by atoms with E-state index in [4.69, 9.17) is 23.1 Å². The second-order valence-electron chi connectivity index (χ2n) is 3.37. The number of primary amides is 1. The molecular weight excluding hydrogens is 240 g/mol. The van der Waals surface area contributed by atoms with Crippen LogP contribution >= 0.6 is 11.6 Å². The molecule has 0 atom stereocenters. The third-order valence-electron chi connectivity index (χ3n) is 2.14. The zero-order chi connectivity index (χ0) is 12.4. The Kier molecular flexibility index (Phi) is 2.93. The van der Waals surface area contributed by atoms with Crippen LogP contribution in [0.4, 0.5) is 5.95 Å². The number of rotatable bonds is 2. The fraction of sp³-hybridized carbons (Fsp3) is 0. The minimum Gasteiger partial charge on any atom is -0.368 e. The Hall–Kier alpha value is -2.14. The van der Waals surface area contributed by atoms with E-state index in [-0.39, 0.29) is 11.6 Å². The van der Waals surface area contributed by atoms with Gasteiger partial charge in [0.2, 0.25) is 5.95 Å². The molecule has 0 spiro atoms. The number of hydrogen-bond donors (Lipinski definition) is 2. The van der Waals surface area contributed by atoms with Crippen molar-refractivity contribution in [3.63, 3.8) is 0 Å². The zero-order valence-corrected chi connectivity index (χ0v) is 9.48. The molecule has 4 N–H and O–H groups in total. The maximum Gasteiger partial charge on any atom is 0.267 e. The molecule has 0 aliphatic rings.